The molecule has 7 aromatic rings. The summed E-state index contributed by atoms with van der Waals surface area (Å²) >= 11 is 0. The molecule has 1 aliphatic carbocycles. The van der Waals surface area contributed by atoms with Crippen LogP contribution >= 0.6 is 0 Å². The molecule has 1 aliphatic rings. The van der Waals surface area contributed by atoms with E-state index >= 15 is 0 Å². The van der Waals surface area contributed by atoms with Crippen molar-refractivity contribution in [3.63, 3.8) is 0 Å². The second-order valence-corrected chi connectivity index (χ2v) is 10.8. The molecule has 0 N–H and O–H groups in total. The topological polar surface area (TPSA) is 12.9 Å². The van der Waals surface area contributed by atoms with E-state index in [1.54, 1.807) is 0 Å². The second kappa shape index (κ2) is 7.27. The summed E-state index contributed by atoms with van der Waals surface area (Å²) in [6.07, 6.45) is 1.92. The van der Waals surface area contributed by atoms with Crippen molar-refractivity contribution in [3.8, 4) is 22.4 Å². The molecule has 0 aliphatic heterocycles. The van der Waals surface area contributed by atoms with Crippen LogP contribution < -0.4 is 0 Å². The van der Waals surface area contributed by atoms with Crippen molar-refractivity contribution in [3.05, 3.63) is 127 Å². The van der Waals surface area contributed by atoms with Crippen LogP contribution in [0, 0.1) is 0 Å². The van der Waals surface area contributed by atoms with E-state index in [1.165, 1.54) is 70.9 Å². The molecule has 1 aromatic heterocycles. The quantitative estimate of drug-likeness (QED) is 0.217. The Morgan fingerprint density at radius 3 is 1.76 bits per heavy atom. The third-order valence-electron chi connectivity index (χ3n) is 8.49. The van der Waals surface area contributed by atoms with E-state index in [9.17, 15) is 0 Å². The first-order valence-corrected chi connectivity index (χ1v) is 13.0. The standard InChI is InChI=1S/C36H25N/c1-36(2)33-16-15-23(35-24-10-4-3-9-22(24)17-18-37-35)19-31(33)32-20-29-27-13-7-5-11-25(27)26-12-6-8-14-28(26)30(29)21-34(32)36/h3-21H,1-2H3. The maximum Gasteiger partial charge on any atom is 0.0780 e. The van der Waals surface area contributed by atoms with Crippen LogP contribution in [0.1, 0.15) is 25.0 Å². The van der Waals surface area contributed by atoms with Crippen LogP contribution in [0.5, 0.6) is 0 Å². The Kier molecular flexibility index (Phi) is 4.06. The fourth-order valence-corrected chi connectivity index (χ4v) is 6.65. The monoisotopic (exact) mass is 471 g/mol. The average molecular weight is 472 g/mol. The minimum atomic E-state index is -0.0731. The molecular weight excluding hydrogens is 446 g/mol. The van der Waals surface area contributed by atoms with Gasteiger partial charge < -0.3 is 0 Å². The van der Waals surface area contributed by atoms with Gasteiger partial charge in [-0.15, -0.1) is 0 Å². The predicted octanol–water partition coefficient (Wildman–Crippen LogP) is 9.67. The zero-order valence-electron chi connectivity index (χ0n) is 20.9. The van der Waals surface area contributed by atoms with Gasteiger partial charge in [0.15, 0.2) is 0 Å². The third-order valence-corrected chi connectivity index (χ3v) is 8.49. The number of hydrogen-bond acceptors (Lipinski definition) is 1. The number of benzene rings is 6. The van der Waals surface area contributed by atoms with Crippen molar-refractivity contribution in [2.45, 2.75) is 19.3 Å². The SMILES string of the molecule is CC1(C)c2ccc(-c3nccc4ccccc34)cc2-c2cc3c4ccccc4c4ccccc4c3cc21. The Morgan fingerprint density at radius 1 is 0.486 bits per heavy atom. The molecule has 1 nitrogen and oxygen atoms in total. The van der Waals surface area contributed by atoms with E-state index in [0.717, 1.165) is 5.69 Å². The van der Waals surface area contributed by atoms with E-state index in [1.807, 2.05) is 6.20 Å². The molecule has 0 radical (unpaired) electrons. The van der Waals surface area contributed by atoms with Gasteiger partial charge in [0.25, 0.3) is 0 Å². The maximum atomic E-state index is 4.82. The van der Waals surface area contributed by atoms with Gasteiger partial charge in [0.2, 0.25) is 0 Å². The first kappa shape index (κ1) is 20.7. The summed E-state index contributed by atoms with van der Waals surface area (Å²) in [6, 6.07) is 40.2. The van der Waals surface area contributed by atoms with Gasteiger partial charge in [0.1, 0.15) is 0 Å². The van der Waals surface area contributed by atoms with Crippen LogP contribution in [0.4, 0.5) is 0 Å². The molecule has 0 bridgehead atoms. The van der Waals surface area contributed by atoms with Crippen LogP contribution in [-0.2, 0) is 5.41 Å². The summed E-state index contributed by atoms with van der Waals surface area (Å²) < 4.78 is 0. The van der Waals surface area contributed by atoms with Gasteiger partial charge >= 0.3 is 0 Å². The smallest absolute Gasteiger partial charge is 0.0780 e. The molecule has 8 rings (SSSR count). The highest BCUT2D eigenvalue weighted by Crippen LogP contribution is 2.52. The van der Waals surface area contributed by atoms with Gasteiger partial charge in [-0.1, -0.05) is 98.8 Å². The first-order valence-electron chi connectivity index (χ1n) is 13.0. The van der Waals surface area contributed by atoms with E-state index in [-0.39, 0.29) is 5.41 Å². The fraction of sp³-hybridized carbons (Fsp3) is 0.0833. The predicted molar refractivity (Wildman–Crippen MR) is 157 cm³/mol. The van der Waals surface area contributed by atoms with Crippen LogP contribution in [0.25, 0.3) is 65.5 Å². The lowest BCUT2D eigenvalue weighted by Crippen LogP contribution is -2.14. The number of pyridine rings is 1. The molecule has 37 heavy (non-hydrogen) atoms. The lowest BCUT2D eigenvalue weighted by Gasteiger charge is -2.22. The van der Waals surface area contributed by atoms with Gasteiger partial charge in [-0.3, -0.25) is 4.98 Å². The van der Waals surface area contributed by atoms with Gasteiger partial charge in [-0.2, -0.15) is 0 Å². The minimum absolute atomic E-state index is 0.0731. The van der Waals surface area contributed by atoms with Gasteiger partial charge in [-0.05, 0) is 84.2 Å². The molecule has 0 amide bonds. The number of aromatic nitrogens is 1. The summed E-state index contributed by atoms with van der Waals surface area (Å²) in [5.74, 6) is 0. The molecule has 0 saturated carbocycles. The van der Waals surface area contributed by atoms with Crippen molar-refractivity contribution in [2.24, 2.45) is 0 Å². The van der Waals surface area contributed by atoms with Gasteiger partial charge in [0.05, 0.1) is 5.69 Å². The Labute approximate surface area is 216 Å². The Morgan fingerprint density at radius 2 is 1.05 bits per heavy atom. The summed E-state index contributed by atoms with van der Waals surface area (Å²) in [7, 11) is 0. The molecule has 1 heteroatoms. The van der Waals surface area contributed by atoms with Crippen LogP contribution in [0.2, 0.25) is 0 Å². The second-order valence-electron chi connectivity index (χ2n) is 10.8. The lowest BCUT2D eigenvalue weighted by atomic mass is 9.81. The summed E-state index contributed by atoms with van der Waals surface area (Å²) in [4.78, 5) is 4.82. The van der Waals surface area contributed by atoms with Crippen molar-refractivity contribution >= 4 is 43.1 Å². The molecular formula is C36H25N. The number of nitrogens with zero attached hydrogens (tertiary/aromatic N) is 1. The molecule has 0 fully saturated rings. The Bertz CT molecular complexity index is 2060. The van der Waals surface area contributed by atoms with Crippen LogP contribution in [0.3, 0.4) is 0 Å². The molecule has 174 valence electrons. The summed E-state index contributed by atoms with van der Waals surface area (Å²) in [5, 5.41) is 10.4. The average Bonchev–Trinajstić information content (AvgIpc) is 3.17. The highest BCUT2D eigenvalue weighted by atomic mass is 14.7. The zero-order chi connectivity index (χ0) is 24.7. The van der Waals surface area contributed by atoms with Crippen molar-refractivity contribution in [1.82, 2.24) is 4.98 Å². The highest BCUT2D eigenvalue weighted by Gasteiger charge is 2.36. The number of fused-ring (bicyclic) bond motifs is 10. The summed E-state index contributed by atoms with van der Waals surface area (Å²) in [6.45, 7) is 4.73. The number of hydrogen-bond donors (Lipinski definition) is 0. The fourth-order valence-electron chi connectivity index (χ4n) is 6.65. The molecule has 0 unspecified atom stereocenters. The Hall–Kier alpha value is -4.49. The molecule has 0 spiro atoms. The van der Waals surface area contributed by atoms with E-state index in [2.05, 4.69) is 123 Å². The first-order chi connectivity index (χ1) is 18.1. The van der Waals surface area contributed by atoms with Crippen LogP contribution in [-0.4, -0.2) is 4.98 Å². The molecule has 0 saturated heterocycles. The minimum Gasteiger partial charge on any atom is -0.256 e. The largest absolute Gasteiger partial charge is 0.256 e. The maximum absolute atomic E-state index is 4.82. The third kappa shape index (κ3) is 2.77. The zero-order valence-corrected chi connectivity index (χ0v) is 20.9. The van der Waals surface area contributed by atoms with Gasteiger partial charge in [-0.25, -0.2) is 0 Å². The normalized spacial score (nSPS) is 13.9. The van der Waals surface area contributed by atoms with E-state index < -0.39 is 0 Å². The highest BCUT2D eigenvalue weighted by molar-refractivity contribution is 6.26. The molecule has 0 atom stereocenters. The molecule has 1 heterocycles. The number of rotatable bonds is 1. The van der Waals surface area contributed by atoms with E-state index in [4.69, 9.17) is 4.98 Å². The van der Waals surface area contributed by atoms with Gasteiger partial charge in [0, 0.05) is 22.6 Å². The Balaban J connectivity index is 1.46. The van der Waals surface area contributed by atoms with Crippen LogP contribution in [0.15, 0.2) is 115 Å². The van der Waals surface area contributed by atoms with Crippen molar-refractivity contribution in [1.29, 1.82) is 0 Å². The summed E-state index contributed by atoms with van der Waals surface area (Å²) in [5.41, 5.74) is 7.60. The van der Waals surface area contributed by atoms with Crippen molar-refractivity contribution < 1.29 is 0 Å². The lowest BCUT2D eigenvalue weighted by molar-refractivity contribution is 0.661. The van der Waals surface area contributed by atoms with Crippen molar-refractivity contribution in [2.75, 3.05) is 0 Å². The van der Waals surface area contributed by atoms with E-state index in [0.29, 0.717) is 0 Å². The molecule has 6 aromatic carbocycles.